The van der Waals surface area contributed by atoms with Crippen LogP contribution in [0.1, 0.15) is 37.0 Å². The number of halogens is 1. The third-order valence-electron chi connectivity index (χ3n) is 4.69. The Morgan fingerprint density at radius 2 is 1.95 bits per heavy atom. The second kappa shape index (κ2) is 5.94. The largest absolute Gasteiger partial charge is 0.871 e. The molecule has 118 valence electrons. The molecular formula is C17H20ClNO3. The van der Waals surface area contributed by atoms with Gasteiger partial charge in [0.1, 0.15) is 12.1 Å². The minimum absolute atomic E-state index is 0.213. The number of aryl methyl sites for hydroxylation is 1. The summed E-state index contributed by atoms with van der Waals surface area (Å²) >= 11 is 6.16. The molecule has 5 heteroatoms. The third-order valence-corrected chi connectivity index (χ3v) is 4.97. The topological polar surface area (TPSA) is 57.7 Å². The lowest BCUT2D eigenvalue weighted by Gasteiger charge is -2.22. The lowest BCUT2D eigenvalue weighted by Crippen LogP contribution is -3.10. The Morgan fingerprint density at radius 1 is 1.27 bits per heavy atom. The molecule has 0 aliphatic heterocycles. The molecule has 0 radical (unpaired) electrons. The summed E-state index contributed by atoms with van der Waals surface area (Å²) in [4.78, 5) is 13.4. The highest BCUT2D eigenvalue weighted by atomic mass is 35.5. The van der Waals surface area contributed by atoms with Gasteiger partial charge >= 0.3 is 5.63 Å². The number of hydrogen-bond acceptors (Lipinski definition) is 3. The van der Waals surface area contributed by atoms with Crippen LogP contribution in [0.5, 0.6) is 5.75 Å². The van der Waals surface area contributed by atoms with Crippen molar-refractivity contribution in [2.24, 2.45) is 0 Å². The van der Waals surface area contributed by atoms with Crippen LogP contribution in [-0.2, 0) is 19.4 Å². The summed E-state index contributed by atoms with van der Waals surface area (Å²) in [5, 5.41) is 13.5. The Morgan fingerprint density at radius 3 is 2.64 bits per heavy atom. The van der Waals surface area contributed by atoms with Gasteiger partial charge < -0.3 is 14.4 Å². The smallest absolute Gasteiger partial charge is 0.339 e. The fraction of sp³-hybridized carbons (Fsp3) is 0.471. The van der Waals surface area contributed by atoms with Gasteiger partial charge in [-0.05, 0) is 44.7 Å². The first-order valence-corrected chi connectivity index (χ1v) is 8.25. The molecule has 22 heavy (non-hydrogen) atoms. The van der Waals surface area contributed by atoms with E-state index in [-0.39, 0.29) is 16.4 Å². The fourth-order valence-corrected chi connectivity index (χ4v) is 3.56. The van der Waals surface area contributed by atoms with E-state index in [1.165, 1.54) is 4.90 Å². The average molecular weight is 322 g/mol. The zero-order valence-corrected chi connectivity index (χ0v) is 13.7. The molecular weight excluding hydrogens is 302 g/mol. The zero-order chi connectivity index (χ0) is 15.9. The van der Waals surface area contributed by atoms with Gasteiger partial charge in [0.25, 0.3) is 0 Å². The first kappa shape index (κ1) is 15.4. The Kier molecular flexibility index (Phi) is 4.15. The molecule has 1 heterocycles. The summed E-state index contributed by atoms with van der Waals surface area (Å²) in [6.07, 6.45) is 2.55. The van der Waals surface area contributed by atoms with Crippen molar-refractivity contribution in [2.45, 2.75) is 39.7 Å². The molecule has 0 atom stereocenters. The summed E-state index contributed by atoms with van der Waals surface area (Å²) in [5.74, 6) is -0.213. The van der Waals surface area contributed by atoms with E-state index in [1.807, 2.05) is 0 Å². The van der Waals surface area contributed by atoms with Crippen LogP contribution in [0.25, 0.3) is 11.0 Å². The van der Waals surface area contributed by atoms with Crippen molar-refractivity contribution in [1.29, 1.82) is 0 Å². The van der Waals surface area contributed by atoms with Gasteiger partial charge in [0.15, 0.2) is 0 Å². The monoisotopic (exact) mass is 321 g/mol. The van der Waals surface area contributed by atoms with Crippen LogP contribution in [0.4, 0.5) is 0 Å². The van der Waals surface area contributed by atoms with Crippen LogP contribution in [0.2, 0.25) is 5.02 Å². The number of benzene rings is 1. The molecule has 1 aliphatic rings. The normalized spacial score (nSPS) is 14.0. The van der Waals surface area contributed by atoms with Gasteiger partial charge in [0.05, 0.1) is 13.1 Å². The molecule has 0 saturated carbocycles. The van der Waals surface area contributed by atoms with Crippen LogP contribution in [0, 0.1) is 0 Å². The third kappa shape index (κ3) is 2.40. The van der Waals surface area contributed by atoms with Crippen LogP contribution < -0.4 is 15.6 Å². The molecule has 0 amide bonds. The number of rotatable bonds is 4. The Hall–Kier alpha value is -1.52. The maximum Gasteiger partial charge on any atom is 0.339 e. The lowest BCUT2D eigenvalue weighted by atomic mass is 10.0. The summed E-state index contributed by atoms with van der Waals surface area (Å²) < 4.78 is 5.53. The van der Waals surface area contributed by atoms with Crippen molar-refractivity contribution in [1.82, 2.24) is 0 Å². The highest BCUT2D eigenvalue weighted by molar-refractivity contribution is 6.33. The molecule has 4 nitrogen and oxygen atoms in total. The van der Waals surface area contributed by atoms with E-state index < -0.39 is 0 Å². The highest BCUT2D eigenvalue weighted by Crippen LogP contribution is 2.36. The summed E-state index contributed by atoms with van der Waals surface area (Å²) in [7, 11) is 0. The molecule has 0 unspecified atom stereocenters. The van der Waals surface area contributed by atoms with E-state index in [0.29, 0.717) is 17.7 Å². The summed E-state index contributed by atoms with van der Waals surface area (Å²) in [6, 6.07) is 1.67. The quantitative estimate of drug-likeness (QED) is 0.867. The Bertz CT molecular complexity index is 778. The average Bonchev–Trinajstić information content (AvgIpc) is 3.00. The number of fused-ring (bicyclic) bond motifs is 3. The van der Waals surface area contributed by atoms with Gasteiger partial charge in [0, 0.05) is 21.5 Å². The summed E-state index contributed by atoms with van der Waals surface area (Å²) in [5.41, 5.74) is 2.46. The van der Waals surface area contributed by atoms with Gasteiger partial charge in [-0.1, -0.05) is 17.4 Å². The van der Waals surface area contributed by atoms with E-state index in [4.69, 9.17) is 16.0 Å². The van der Waals surface area contributed by atoms with Gasteiger partial charge in [-0.25, -0.2) is 4.79 Å². The molecule has 1 aromatic heterocycles. The van der Waals surface area contributed by atoms with Crippen LogP contribution in [0.15, 0.2) is 15.3 Å². The maximum absolute atomic E-state index is 12.5. The predicted octanol–water partition coefficient (Wildman–Crippen LogP) is 1.43. The first-order valence-electron chi connectivity index (χ1n) is 7.87. The molecule has 1 aromatic carbocycles. The molecule has 1 N–H and O–H groups in total. The molecule has 1 aliphatic carbocycles. The van der Waals surface area contributed by atoms with Gasteiger partial charge in [-0.2, -0.15) is 0 Å². The standard InChI is InChI=1S/C17H20ClNO3/c1-3-19(4-2)9-13-15(20)14(18)8-12-10-6-5-7-11(10)17(21)22-16(12)13/h8,20H,3-7,9H2,1-2H3. The van der Waals surface area contributed by atoms with Crippen molar-refractivity contribution in [3.8, 4) is 5.75 Å². The number of nitrogens with one attached hydrogen (secondary N) is 1. The zero-order valence-electron chi connectivity index (χ0n) is 12.9. The molecule has 0 spiro atoms. The van der Waals surface area contributed by atoms with Gasteiger partial charge in [0.2, 0.25) is 0 Å². The van der Waals surface area contributed by atoms with Crippen molar-refractivity contribution in [2.75, 3.05) is 13.1 Å². The lowest BCUT2D eigenvalue weighted by molar-refractivity contribution is -0.910. The summed E-state index contributed by atoms with van der Waals surface area (Å²) in [6.45, 7) is 6.48. The van der Waals surface area contributed by atoms with Crippen LogP contribution in [0.3, 0.4) is 0 Å². The molecule has 3 rings (SSSR count). The van der Waals surface area contributed by atoms with Crippen molar-refractivity contribution < 1.29 is 14.4 Å². The van der Waals surface area contributed by atoms with Gasteiger partial charge in [-0.15, -0.1) is 0 Å². The van der Waals surface area contributed by atoms with Crippen molar-refractivity contribution >= 4 is 22.6 Å². The second-order valence-corrected chi connectivity index (χ2v) is 6.28. The van der Waals surface area contributed by atoms with Crippen molar-refractivity contribution in [3.63, 3.8) is 0 Å². The van der Waals surface area contributed by atoms with E-state index in [9.17, 15) is 9.90 Å². The SMILES string of the molecule is CC[NH+](CC)Cc1c([O-])c(Cl)cc2c3c(c(=O)oc12)CCC3. The number of hydrogen-bond donors (Lipinski definition) is 1. The van der Waals surface area contributed by atoms with E-state index in [1.54, 1.807) is 6.07 Å². The predicted molar refractivity (Wildman–Crippen MR) is 84.7 cm³/mol. The second-order valence-electron chi connectivity index (χ2n) is 5.88. The van der Waals surface area contributed by atoms with Crippen LogP contribution >= 0.6 is 11.6 Å². The van der Waals surface area contributed by atoms with E-state index >= 15 is 0 Å². The highest BCUT2D eigenvalue weighted by Gasteiger charge is 2.23. The molecule has 2 aromatic rings. The van der Waals surface area contributed by atoms with Gasteiger partial charge in [-0.3, -0.25) is 0 Å². The molecule has 0 fully saturated rings. The minimum atomic E-state index is -0.294. The molecule has 0 saturated heterocycles. The Labute approximate surface area is 134 Å². The van der Waals surface area contributed by atoms with Crippen molar-refractivity contribution in [3.05, 3.63) is 38.2 Å². The molecule has 0 bridgehead atoms. The fourth-order valence-electron chi connectivity index (χ4n) is 3.34. The number of quaternary nitrogens is 1. The minimum Gasteiger partial charge on any atom is -0.871 e. The van der Waals surface area contributed by atoms with E-state index in [2.05, 4.69) is 13.8 Å². The van der Waals surface area contributed by atoms with E-state index in [0.717, 1.165) is 48.9 Å². The first-order chi connectivity index (χ1) is 10.6. The van der Waals surface area contributed by atoms with Crippen LogP contribution in [-0.4, -0.2) is 13.1 Å². The Balaban J connectivity index is 2.28. The maximum atomic E-state index is 12.5.